The Morgan fingerprint density at radius 3 is 3.15 bits per heavy atom. The van der Waals surface area contributed by atoms with Crippen LogP contribution in [-0.4, -0.2) is 16.1 Å². The molecule has 0 aliphatic heterocycles. The normalized spacial score (nSPS) is 11.2. The van der Waals surface area contributed by atoms with Crippen molar-refractivity contribution in [1.29, 1.82) is 0 Å². The lowest BCUT2D eigenvalue weighted by Crippen LogP contribution is -2.11. The van der Waals surface area contributed by atoms with Gasteiger partial charge >= 0.3 is 0 Å². The monoisotopic (exact) mass is 178 g/mol. The smallest absolute Gasteiger partial charge is 0.250 e. The highest BCUT2D eigenvalue weighted by atomic mass is 16.1. The van der Waals surface area contributed by atoms with Crippen LogP contribution in [0.1, 0.15) is 10.4 Å². The zero-order valence-corrected chi connectivity index (χ0v) is 6.66. The largest absolute Gasteiger partial charge is 0.384 e. The van der Waals surface area contributed by atoms with E-state index in [2.05, 4.69) is 15.9 Å². The lowest BCUT2D eigenvalue weighted by atomic mass is 10.1. The second-order valence-electron chi connectivity index (χ2n) is 2.66. The molecule has 2 aromatic rings. The van der Waals surface area contributed by atoms with Crippen LogP contribution in [0.25, 0.3) is 10.9 Å². The number of rotatable bonds is 2. The number of aromatic nitrogens is 2. The third kappa shape index (κ3) is 1.01. The first-order valence-electron chi connectivity index (χ1n) is 4.18. The van der Waals surface area contributed by atoms with Crippen LogP contribution in [-0.2, 0) is 0 Å². The molecule has 5 heteroatoms. The van der Waals surface area contributed by atoms with Gasteiger partial charge in [0.15, 0.2) is 1.41 Å². The molecule has 0 bridgehead atoms. The van der Waals surface area contributed by atoms with Gasteiger partial charge in [-0.05, 0) is 12.1 Å². The van der Waals surface area contributed by atoms with Gasteiger partial charge in [0.2, 0.25) is 0 Å². The molecule has 2 rings (SSSR count). The number of amides is 1. The van der Waals surface area contributed by atoms with Crippen molar-refractivity contribution in [3.63, 3.8) is 0 Å². The summed E-state index contributed by atoms with van der Waals surface area (Å²) in [5.41, 5.74) is 8.20. The number of nitrogen functional groups attached to an aromatic ring is 1. The number of para-hydroxylation sites is 1. The third-order valence-corrected chi connectivity index (χ3v) is 1.85. The number of carbonyl (C=O) groups excluding carboxylic acids is 1. The predicted molar refractivity (Wildman–Crippen MR) is 49.0 cm³/mol. The van der Waals surface area contributed by atoms with Crippen LogP contribution >= 0.6 is 0 Å². The number of nitrogens with one attached hydrogen (secondary N) is 1. The Labute approximate surface area is 75.2 Å². The summed E-state index contributed by atoms with van der Waals surface area (Å²) in [5, 5.41) is 7.18. The van der Waals surface area contributed by atoms with Crippen LogP contribution in [0.5, 0.6) is 0 Å². The Hall–Kier alpha value is -2.04. The molecule has 1 aromatic carbocycles. The Balaban J connectivity index is 2.76. The number of H-pyrrole nitrogens is 1. The number of benzene rings is 1. The molecule has 5 nitrogen and oxygen atoms in total. The standard InChI is InChI=1S/C8H8N4O/c9-7-4-2-1-3-5(8(10)13)6(4)11-12-7/h1-3H,(H2,10,13)(H3,9,11,12)/i/hT. The number of hydrogen-bond donors (Lipinski definition) is 3. The molecule has 0 spiro atoms. The zero-order valence-electron chi connectivity index (χ0n) is 7.66. The molecular weight excluding hydrogens is 168 g/mol. The Morgan fingerprint density at radius 2 is 2.46 bits per heavy atom. The molecule has 0 saturated heterocycles. The number of nitrogens with two attached hydrogens (primary N) is 2. The average molecular weight is 178 g/mol. The number of hydrogen-bond acceptors (Lipinski definition) is 3. The fourth-order valence-corrected chi connectivity index (χ4v) is 1.24. The fraction of sp³-hybridized carbons (Fsp3) is 0. The van der Waals surface area contributed by atoms with Crippen LogP contribution in [0.15, 0.2) is 18.2 Å². The van der Waals surface area contributed by atoms with Gasteiger partial charge in [-0.25, -0.2) is 0 Å². The van der Waals surface area contributed by atoms with Gasteiger partial charge < -0.3 is 11.5 Å². The predicted octanol–water partition coefficient (Wildman–Crippen LogP) is 0.244. The Kier molecular flexibility index (Phi) is 1.23. The quantitative estimate of drug-likeness (QED) is 0.614. The minimum absolute atomic E-state index is 0.347. The molecule has 1 heterocycles. The summed E-state index contributed by atoms with van der Waals surface area (Å²) in [7, 11) is 0. The second-order valence-corrected chi connectivity index (χ2v) is 2.66. The molecule has 1 amide bonds. The molecule has 0 aliphatic rings. The van der Waals surface area contributed by atoms with Gasteiger partial charge in [0.1, 0.15) is 11.3 Å². The number of primary amides is 1. The minimum atomic E-state index is -0.529. The van der Waals surface area contributed by atoms with Gasteiger partial charge in [0.05, 0.1) is 5.56 Å². The van der Waals surface area contributed by atoms with E-state index in [1.54, 1.807) is 18.2 Å². The van der Waals surface area contributed by atoms with Gasteiger partial charge in [0.25, 0.3) is 5.91 Å². The van der Waals surface area contributed by atoms with Crippen LogP contribution < -0.4 is 11.5 Å². The van der Waals surface area contributed by atoms with Crippen molar-refractivity contribution in [2.45, 2.75) is 0 Å². The molecule has 0 unspecified atom stereocenters. The van der Waals surface area contributed by atoms with Gasteiger partial charge in [0, 0.05) is 5.39 Å². The Morgan fingerprint density at radius 1 is 1.62 bits per heavy atom. The van der Waals surface area contributed by atoms with Crippen molar-refractivity contribution in [1.82, 2.24) is 10.2 Å². The maximum Gasteiger partial charge on any atom is 0.250 e. The van der Waals surface area contributed by atoms with Crippen LogP contribution in [0.4, 0.5) is 5.82 Å². The van der Waals surface area contributed by atoms with E-state index in [-0.39, 0.29) is 0 Å². The van der Waals surface area contributed by atoms with Crippen LogP contribution in [0.3, 0.4) is 0 Å². The lowest BCUT2D eigenvalue weighted by molar-refractivity contribution is 0.100. The first-order valence-corrected chi connectivity index (χ1v) is 3.68. The summed E-state index contributed by atoms with van der Waals surface area (Å²) >= 11 is 0. The third-order valence-electron chi connectivity index (χ3n) is 1.85. The van der Waals surface area contributed by atoms with Gasteiger partial charge in [-0.3, -0.25) is 9.89 Å². The molecule has 1 aromatic heterocycles. The average Bonchev–Trinajstić information content (AvgIpc) is 2.59. The SMILES string of the molecule is [3H]Nc1[nH]nc2c(C(N)=O)cccc12. The topological polar surface area (TPSA) is 97.8 Å². The summed E-state index contributed by atoms with van der Waals surface area (Å²) in [6, 6.07) is 5.04. The highest BCUT2D eigenvalue weighted by molar-refractivity contribution is 6.06. The summed E-state index contributed by atoms with van der Waals surface area (Å²) in [6.45, 7) is 0. The fourth-order valence-electron chi connectivity index (χ4n) is 1.24. The number of aromatic amines is 1. The van der Waals surface area contributed by atoms with Gasteiger partial charge in [-0.15, -0.1) is 0 Å². The van der Waals surface area contributed by atoms with Crippen molar-refractivity contribution < 1.29 is 6.21 Å². The Bertz CT molecular complexity index is 493. The van der Waals surface area contributed by atoms with Crippen molar-refractivity contribution >= 4 is 22.6 Å². The highest BCUT2D eigenvalue weighted by Gasteiger charge is 2.09. The number of carbonyl (C=O) groups is 1. The molecule has 66 valence electrons. The molecule has 5 N–H and O–H groups in total. The molecule has 0 fully saturated rings. The van der Waals surface area contributed by atoms with E-state index in [4.69, 9.17) is 7.15 Å². The minimum Gasteiger partial charge on any atom is -0.384 e. The second kappa shape index (κ2) is 2.48. The molecular formula is C8H8N4O. The number of anilines is 1. The van der Waals surface area contributed by atoms with Crippen molar-refractivity contribution in [3.8, 4) is 0 Å². The van der Waals surface area contributed by atoms with E-state index < -0.39 is 5.91 Å². The van der Waals surface area contributed by atoms with E-state index in [1.807, 2.05) is 0 Å². The van der Waals surface area contributed by atoms with Gasteiger partial charge in [-0.1, -0.05) is 6.07 Å². The van der Waals surface area contributed by atoms with E-state index >= 15 is 0 Å². The van der Waals surface area contributed by atoms with Crippen molar-refractivity contribution in [2.75, 3.05) is 5.73 Å². The molecule has 0 atom stereocenters. The summed E-state index contributed by atoms with van der Waals surface area (Å²) < 4.78 is 6.98. The molecule has 0 aliphatic carbocycles. The summed E-state index contributed by atoms with van der Waals surface area (Å²) in [4.78, 5) is 11.0. The summed E-state index contributed by atoms with van der Waals surface area (Å²) in [5.74, 6) is -0.0817. The molecule has 13 heavy (non-hydrogen) atoms. The van der Waals surface area contributed by atoms with Crippen molar-refractivity contribution in [3.05, 3.63) is 23.8 Å². The van der Waals surface area contributed by atoms with E-state index in [0.717, 1.165) is 0 Å². The van der Waals surface area contributed by atoms with E-state index in [0.29, 0.717) is 22.3 Å². The lowest BCUT2D eigenvalue weighted by Gasteiger charge is -1.95. The van der Waals surface area contributed by atoms with E-state index in [9.17, 15) is 4.79 Å². The first-order chi connectivity index (χ1) is 6.74. The van der Waals surface area contributed by atoms with Gasteiger partial charge in [-0.2, -0.15) is 5.10 Å². The van der Waals surface area contributed by atoms with Crippen molar-refractivity contribution in [2.24, 2.45) is 5.73 Å². The maximum absolute atomic E-state index is 11.0. The molecule has 0 saturated carbocycles. The molecule has 0 radical (unpaired) electrons. The maximum atomic E-state index is 11.0. The number of nitrogens with zero attached hydrogens (tertiary/aromatic N) is 1. The zero-order chi connectivity index (χ0) is 10.1. The highest BCUT2D eigenvalue weighted by Crippen LogP contribution is 2.20. The van der Waals surface area contributed by atoms with E-state index in [1.165, 1.54) is 0 Å². The van der Waals surface area contributed by atoms with Crippen LogP contribution in [0, 0.1) is 0 Å². The van der Waals surface area contributed by atoms with Crippen LogP contribution in [0.2, 0.25) is 1.41 Å². The summed E-state index contributed by atoms with van der Waals surface area (Å²) in [6.07, 6.45) is 0. The first kappa shape index (κ1) is 6.47. The number of fused-ring (bicyclic) bond motifs is 1.